The van der Waals surface area contributed by atoms with E-state index < -0.39 is 11.8 Å². The zero-order chi connectivity index (χ0) is 17.3. The molecule has 0 amide bonds. The third-order valence-electron chi connectivity index (χ3n) is 3.95. The Bertz CT molecular complexity index is 925. The Morgan fingerprint density at radius 3 is 2.50 bits per heavy atom. The number of ether oxygens (including phenoxy) is 1. The summed E-state index contributed by atoms with van der Waals surface area (Å²) >= 11 is 12.0. The molecule has 2 N–H and O–H groups in total. The number of rotatable bonds is 2. The topological polar surface area (TPSA) is 82.8 Å². The lowest BCUT2D eigenvalue weighted by molar-refractivity contribution is 0.385. The normalized spacial score (nSPS) is 17.2. The van der Waals surface area contributed by atoms with E-state index >= 15 is 0 Å². The first kappa shape index (κ1) is 16.2. The van der Waals surface area contributed by atoms with Gasteiger partial charge in [-0.1, -0.05) is 47.5 Å². The highest BCUT2D eigenvalue weighted by Crippen LogP contribution is 2.46. The Hall–Kier alpha value is -2.66. The number of nitriles is 2. The van der Waals surface area contributed by atoms with Gasteiger partial charge in [0, 0.05) is 11.5 Å². The molecule has 118 valence electrons. The number of halogens is 2. The minimum atomic E-state index is -0.655. The average Bonchev–Trinajstić information content (AvgIpc) is 2.58. The standard InChI is InChI=1S/C18H11Cl2N3O/c19-14-6-5-10(7-15(14)20)12(8-21)17-11-3-1-2-4-16(11)24-18(23)13(17)9-22/h1-7,12,17H,23H2/t12-,17+/m0/s1. The van der Waals surface area contributed by atoms with Crippen LogP contribution in [0.4, 0.5) is 0 Å². The first-order valence-electron chi connectivity index (χ1n) is 7.08. The molecule has 3 rings (SSSR count). The number of para-hydroxylation sites is 1. The van der Waals surface area contributed by atoms with E-state index in [1.165, 1.54) is 0 Å². The van der Waals surface area contributed by atoms with Gasteiger partial charge in [-0.05, 0) is 23.8 Å². The molecule has 0 saturated carbocycles. The van der Waals surface area contributed by atoms with Gasteiger partial charge < -0.3 is 10.5 Å². The first-order chi connectivity index (χ1) is 11.6. The van der Waals surface area contributed by atoms with Crippen LogP contribution in [0.5, 0.6) is 5.75 Å². The second-order valence-electron chi connectivity index (χ2n) is 5.29. The number of benzene rings is 2. The van der Waals surface area contributed by atoms with Crippen molar-refractivity contribution in [3.8, 4) is 17.9 Å². The zero-order valence-electron chi connectivity index (χ0n) is 12.3. The quantitative estimate of drug-likeness (QED) is 0.861. The van der Waals surface area contributed by atoms with Crippen molar-refractivity contribution in [1.82, 2.24) is 0 Å². The summed E-state index contributed by atoms with van der Waals surface area (Å²) in [5.74, 6) is -0.638. The fourth-order valence-electron chi connectivity index (χ4n) is 2.83. The highest BCUT2D eigenvalue weighted by atomic mass is 35.5. The lowest BCUT2D eigenvalue weighted by Crippen LogP contribution is -2.23. The Kier molecular flexibility index (Phi) is 4.36. The number of hydrogen-bond donors (Lipinski definition) is 1. The molecule has 0 spiro atoms. The second kappa shape index (κ2) is 6.45. The molecule has 1 aliphatic rings. The van der Waals surface area contributed by atoms with Gasteiger partial charge in [0.15, 0.2) is 0 Å². The summed E-state index contributed by atoms with van der Waals surface area (Å²) in [6, 6.07) is 16.6. The fraction of sp³-hybridized carbons (Fsp3) is 0.111. The number of nitrogens with zero attached hydrogens (tertiary/aromatic N) is 2. The van der Waals surface area contributed by atoms with E-state index in [9.17, 15) is 10.5 Å². The van der Waals surface area contributed by atoms with Gasteiger partial charge >= 0.3 is 0 Å². The Labute approximate surface area is 149 Å². The third-order valence-corrected chi connectivity index (χ3v) is 4.69. The molecule has 0 saturated heterocycles. The third kappa shape index (κ3) is 2.67. The largest absolute Gasteiger partial charge is 0.440 e. The molecule has 4 nitrogen and oxygen atoms in total. The minimum Gasteiger partial charge on any atom is -0.440 e. The lowest BCUT2D eigenvalue weighted by Gasteiger charge is -2.29. The molecule has 2 aromatic rings. The van der Waals surface area contributed by atoms with Gasteiger partial charge in [-0.2, -0.15) is 10.5 Å². The van der Waals surface area contributed by atoms with E-state index in [1.807, 2.05) is 12.1 Å². The van der Waals surface area contributed by atoms with Crippen LogP contribution in [0.3, 0.4) is 0 Å². The van der Waals surface area contributed by atoms with Crippen LogP contribution in [0.15, 0.2) is 53.9 Å². The van der Waals surface area contributed by atoms with Crippen LogP contribution in [0, 0.1) is 22.7 Å². The van der Waals surface area contributed by atoms with E-state index in [2.05, 4.69) is 12.1 Å². The molecule has 0 unspecified atom stereocenters. The van der Waals surface area contributed by atoms with Crippen LogP contribution in [0.1, 0.15) is 23.0 Å². The predicted octanol–water partition coefficient (Wildman–Crippen LogP) is 4.47. The van der Waals surface area contributed by atoms with Crippen molar-refractivity contribution in [1.29, 1.82) is 10.5 Å². The molecule has 0 aromatic heterocycles. The highest BCUT2D eigenvalue weighted by molar-refractivity contribution is 6.42. The molecule has 0 aliphatic carbocycles. The monoisotopic (exact) mass is 355 g/mol. The average molecular weight is 356 g/mol. The van der Waals surface area contributed by atoms with Crippen molar-refractivity contribution in [2.45, 2.75) is 11.8 Å². The summed E-state index contributed by atoms with van der Waals surface area (Å²) in [5.41, 5.74) is 7.52. The Balaban J connectivity index is 2.19. The van der Waals surface area contributed by atoms with Crippen LogP contribution in [0.2, 0.25) is 10.0 Å². The summed E-state index contributed by atoms with van der Waals surface area (Å²) < 4.78 is 5.52. The van der Waals surface area contributed by atoms with Crippen LogP contribution in [-0.4, -0.2) is 0 Å². The fourth-order valence-corrected chi connectivity index (χ4v) is 3.14. The maximum atomic E-state index is 9.78. The van der Waals surface area contributed by atoms with Crippen molar-refractivity contribution in [2.75, 3.05) is 0 Å². The molecule has 2 atom stereocenters. The maximum absolute atomic E-state index is 9.78. The van der Waals surface area contributed by atoms with Gasteiger partial charge in [0.25, 0.3) is 0 Å². The van der Waals surface area contributed by atoms with Gasteiger partial charge in [-0.25, -0.2) is 0 Å². The van der Waals surface area contributed by atoms with Gasteiger partial charge in [0.05, 0.1) is 27.6 Å². The number of nitrogens with two attached hydrogens (primary N) is 1. The summed E-state index contributed by atoms with van der Waals surface area (Å²) in [6.45, 7) is 0. The SMILES string of the molecule is N#CC1=C(N)Oc2ccccc2[C@@H]1[C@@H](C#N)c1ccc(Cl)c(Cl)c1. The van der Waals surface area contributed by atoms with Crippen molar-refractivity contribution in [3.63, 3.8) is 0 Å². The molecule has 0 fully saturated rings. The van der Waals surface area contributed by atoms with Crippen LogP contribution in [0.25, 0.3) is 0 Å². The summed E-state index contributed by atoms with van der Waals surface area (Å²) in [4.78, 5) is 0. The van der Waals surface area contributed by atoms with Gasteiger partial charge in [-0.15, -0.1) is 0 Å². The van der Waals surface area contributed by atoms with E-state index in [-0.39, 0.29) is 11.5 Å². The van der Waals surface area contributed by atoms with Crippen LogP contribution >= 0.6 is 23.2 Å². The summed E-state index contributed by atoms with van der Waals surface area (Å²) in [6.07, 6.45) is 0. The molecule has 2 aromatic carbocycles. The smallest absolute Gasteiger partial charge is 0.205 e. The van der Waals surface area contributed by atoms with E-state index in [4.69, 9.17) is 33.7 Å². The minimum absolute atomic E-state index is 0.0153. The highest BCUT2D eigenvalue weighted by Gasteiger charge is 2.36. The summed E-state index contributed by atoms with van der Waals surface area (Å²) in [7, 11) is 0. The van der Waals surface area contributed by atoms with E-state index in [0.717, 1.165) is 5.56 Å². The Morgan fingerprint density at radius 2 is 1.83 bits per heavy atom. The molecular formula is C18H11Cl2N3O. The first-order valence-corrected chi connectivity index (χ1v) is 7.83. The van der Waals surface area contributed by atoms with Crippen molar-refractivity contribution >= 4 is 23.2 Å². The van der Waals surface area contributed by atoms with Crippen molar-refractivity contribution in [2.24, 2.45) is 5.73 Å². The predicted molar refractivity (Wildman–Crippen MR) is 91.5 cm³/mol. The van der Waals surface area contributed by atoms with Crippen LogP contribution in [-0.2, 0) is 0 Å². The van der Waals surface area contributed by atoms with Gasteiger partial charge in [-0.3, -0.25) is 0 Å². The van der Waals surface area contributed by atoms with Crippen LogP contribution < -0.4 is 10.5 Å². The lowest BCUT2D eigenvalue weighted by atomic mass is 9.77. The molecule has 6 heteroatoms. The van der Waals surface area contributed by atoms with E-state index in [1.54, 1.807) is 30.3 Å². The zero-order valence-corrected chi connectivity index (χ0v) is 13.8. The number of fused-ring (bicyclic) bond motifs is 1. The van der Waals surface area contributed by atoms with Crippen molar-refractivity contribution in [3.05, 3.63) is 75.1 Å². The summed E-state index contributed by atoms with van der Waals surface area (Å²) in [5, 5.41) is 20.1. The molecule has 0 radical (unpaired) electrons. The Morgan fingerprint density at radius 1 is 1.08 bits per heavy atom. The molecule has 24 heavy (non-hydrogen) atoms. The van der Waals surface area contributed by atoms with Crippen molar-refractivity contribution < 1.29 is 4.74 Å². The molecule has 0 bridgehead atoms. The molecule has 1 aliphatic heterocycles. The molecule has 1 heterocycles. The van der Waals surface area contributed by atoms with Gasteiger partial charge in [0.2, 0.25) is 5.88 Å². The second-order valence-corrected chi connectivity index (χ2v) is 6.10. The molecular weight excluding hydrogens is 345 g/mol. The number of hydrogen-bond acceptors (Lipinski definition) is 4. The van der Waals surface area contributed by atoms with Gasteiger partial charge in [0.1, 0.15) is 11.8 Å². The maximum Gasteiger partial charge on any atom is 0.205 e. The number of allylic oxidation sites excluding steroid dienone is 1. The van der Waals surface area contributed by atoms with E-state index in [0.29, 0.717) is 21.4 Å².